The van der Waals surface area contributed by atoms with Crippen LogP contribution in [0.1, 0.15) is 24.6 Å². The quantitative estimate of drug-likeness (QED) is 0.371. The number of hydrogen-bond acceptors (Lipinski definition) is 6. The maximum atomic E-state index is 6.06. The number of anilines is 3. The fraction of sp³-hybridized carbons (Fsp3) is 0.278. The summed E-state index contributed by atoms with van der Waals surface area (Å²) in [5, 5.41) is 15.1. The molecule has 2 heterocycles. The average molecular weight is 389 g/mol. The molecule has 6 nitrogen and oxygen atoms in total. The van der Waals surface area contributed by atoms with Gasteiger partial charge < -0.3 is 10.6 Å². The lowest BCUT2D eigenvalue weighted by molar-refractivity contribution is 0.927. The summed E-state index contributed by atoms with van der Waals surface area (Å²) >= 11 is 7.63. The maximum Gasteiger partial charge on any atom is 0.191 e. The normalized spacial score (nSPS) is 10.7. The molecule has 0 fully saturated rings. The molecule has 0 amide bonds. The molecule has 8 heteroatoms. The second-order valence-corrected chi connectivity index (χ2v) is 7.21. The van der Waals surface area contributed by atoms with Gasteiger partial charge in [-0.25, -0.2) is 9.97 Å². The zero-order valence-corrected chi connectivity index (χ0v) is 16.3. The zero-order chi connectivity index (χ0) is 18.4. The lowest BCUT2D eigenvalue weighted by atomic mass is 10.2. The number of benzene rings is 1. The summed E-state index contributed by atoms with van der Waals surface area (Å²) in [6.07, 6.45) is 1.02. The molecular formula is C18H21ClN6S. The number of halogens is 1. The third-order valence-corrected chi connectivity index (χ3v) is 4.63. The fourth-order valence-electron chi connectivity index (χ4n) is 2.29. The van der Waals surface area contributed by atoms with Gasteiger partial charge in [0.05, 0.1) is 0 Å². The van der Waals surface area contributed by atoms with Crippen LogP contribution in [0.4, 0.5) is 17.5 Å². The molecule has 136 valence electrons. The van der Waals surface area contributed by atoms with Gasteiger partial charge in [-0.1, -0.05) is 42.4 Å². The van der Waals surface area contributed by atoms with Crippen LogP contribution in [0.5, 0.6) is 0 Å². The summed E-state index contributed by atoms with van der Waals surface area (Å²) < 4.78 is 0. The molecule has 0 atom stereocenters. The van der Waals surface area contributed by atoms with Crippen molar-refractivity contribution >= 4 is 40.8 Å². The number of nitrogens with one attached hydrogen (secondary N) is 3. The Morgan fingerprint density at radius 2 is 1.96 bits per heavy atom. The van der Waals surface area contributed by atoms with E-state index in [1.165, 1.54) is 0 Å². The van der Waals surface area contributed by atoms with Crippen LogP contribution >= 0.6 is 23.4 Å². The lowest BCUT2D eigenvalue weighted by Crippen LogP contribution is -2.05. The van der Waals surface area contributed by atoms with Crippen LogP contribution in [-0.4, -0.2) is 26.7 Å². The van der Waals surface area contributed by atoms with Crippen LogP contribution in [0.3, 0.4) is 0 Å². The molecule has 0 aliphatic carbocycles. The van der Waals surface area contributed by atoms with Crippen LogP contribution < -0.4 is 10.6 Å². The Morgan fingerprint density at radius 3 is 2.69 bits per heavy atom. The summed E-state index contributed by atoms with van der Waals surface area (Å²) in [4.78, 5) is 9.19. The van der Waals surface area contributed by atoms with E-state index >= 15 is 0 Å². The molecule has 3 rings (SSSR count). The molecule has 0 radical (unpaired) electrons. The number of nitrogens with zero attached hydrogens (tertiary/aromatic N) is 3. The third-order valence-electron chi connectivity index (χ3n) is 3.48. The van der Waals surface area contributed by atoms with Gasteiger partial charge >= 0.3 is 0 Å². The lowest BCUT2D eigenvalue weighted by Gasteiger charge is -2.10. The standard InChI is InChI=1S/C18H21ClN6S/c1-3-7-20-15-10-16(21-17-8-12(2)24-25-17)23-18(22-15)26-11-13-5-4-6-14(19)9-13/h4-6,8-10H,3,7,11H2,1-2H3,(H3,20,21,22,23,24,25). The van der Waals surface area contributed by atoms with E-state index in [9.17, 15) is 0 Å². The minimum atomic E-state index is 0.695. The first-order valence-corrected chi connectivity index (χ1v) is 9.78. The Hall–Kier alpha value is -2.25. The molecule has 2 aromatic heterocycles. The topological polar surface area (TPSA) is 78.5 Å². The number of thioether (sulfide) groups is 1. The predicted molar refractivity (Wildman–Crippen MR) is 108 cm³/mol. The third kappa shape index (κ3) is 5.37. The van der Waals surface area contributed by atoms with Gasteiger partial charge in [0.1, 0.15) is 11.6 Å². The molecule has 0 saturated heterocycles. The number of H-pyrrole nitrogens is 1. The molecule has 0 unspecified atom stereocenters. The first-order chi connectivity index (χ1) is 12.6. The van der Waals surface area contributed by atoms with Crippen molar-refractivity contribution in [3.8, 4) is 0 Å². The Kier molecular flexibility index (Phi) is 6.35. The van der Waals surface area contributed by atoms with Gasteiger partial charge in [0, 0.05) is 35.1 Å². The van der Waals surface area contributed by atoms with E-state index in [0.717, 1.165) is 46.6 Å². The molecule has 1 aromatic carbocycles. The van der Waals surface area contributed by atoms with Crippen molar-refractivity contribution in [1.29, 1.82) is 0 Å². The smallest absolute Gasteiger partial charge is 0.191 e. The first-order valence-electron chi connectivity index (χ1n) is 8.41. The van der Waals surface area contributed by atoms with Crippen molar-refractivity contribution in [3.63, 3.8) is 0 Å². The van der Waals surface area contributed by atoms with E-state index in [0.29, 0.717) is 11.0 Å². The summed E-state index contributed by atoms with van der Waals surface area (Å²) in [5.74, 6) is 2.98. The van der Waals surface area contributed by atoms with Gasteiger partial charge in [0.2, 0.25) is 0 Å². The molecular weight excluding hydrogens is 368 g/mol. The highest BCUT2D eigenvalue weighted by molar-refractivity contribution is 7.98. The van der Waals surface area contributed by atoms with Crippen LogP contribution in [0.15, 0.2) is 41.6 Å². The van der Waals surface area contributed by atoms with Gasteiger partial charge in [-0.2, -0.15) is 5.10 Å². The van der Waals surface area contributed by atoms with Gasteiger partial charge in [0.25, 0.3) is 0 Å². The summed E-state index contributed by atoms with van der Waals surface area (Å²) in [6.45, 7) is 4.93. The van der Waals surface area contributed by atoms with Crippen molar-refractivity contribution in [1.82, 2.24) is 20.2 Å². The Bertz CT molecular complexity index is 866. The molecule has 3 N–H and O–H groups in total. The van der Waals surface area contributed by atoms with Crippen LogP contribution in [0.25, 0.3) is 0 Å². The van der Waals surface area contributed by atoms with Crippen LogP contribution in [0.2, 0.25) is 5.02 Å². The monoisotopic (exact) mass is 388 g/mol. The average Bonchev–Trinajstić information content (AvgIpc) is 3.03. The summed E-state index contributed by atoms with van der Waals surface area (Å²) in [7, 11) is 0. The number of aromatic amines is 1. The highest BCUT2D eigenvalue weighted by atomic mass is 35.5. The van der Waals surface area contributed by atoms with E-state index in [-0.39, 0.29) is 0 Å². The van der Waals surface area contributed by atoms with E-state index < -0.39 is 0 Å². The van der Waals surface area contributed by atoms with Crippen molar-refractivity contribution in [2.45, 2.75) is 31.2 Å². The van der Waals surface area contributed by atoms with E-state index in [1.54, 1.807) is 11.8 Å². The van der Waals surface area contributed by atoms with Crippen LogP contribution in [-0.2, 0) is 5.75 Å². The van der Waals surface area contributed by atoms with Crippen molar-refractivity contribution in [2.24, 2.45) is 0 Å². The Balaban J connectivity index is 1.77. The molecule has 0 aliphatic rings. The van der Waals surface area contributed by atoms with Gasteiger partial charge in [-0.05, 0) is 31.0 Å². The number of rotatable bonds is 8. The van der Waals surface area contributed by atoms with Gasteiger partial charge in [-0.15, -0.1) is 0 Å². The fourth-order valence-corrected chi connectivity index (χ4v) is 3.30. The Labute approximate surface area is 162 Å². The number of aromatic nitrogens is 4. The van der Waals surface area contributed by atoms with Crippen molar-refractivity contribution < 1.29 is 0 Å². The van der Waals surface area contributed by atoms with E-state index in [4.69, 9.17) is 11.6 Å². The van der Waals surface area contributed by atoms with Gasteiger partial charge in [0.15, 0.2) is 11.0 Å². The van der Waals surface area contributed by atoms with Crippen molar-refractivity contribution in [3.05, 3.63) is 52.7 Å². The zero-order valence-electron chi connectivity index (χ0n) is 14.7. The minimum absolute atomic E-state index is 0.695. The largest absolute Gasteiger partial charge is 0.370 e. The Morgan fingerprint density at radius 1 is 1.12 bits per heavy atom. The molecule has 26 heavy (non-hydrogen) atoms. The SMILES string of the molecule is CCCNc1cc(Nc2cc(C)[nH]n2)nc(SCc2cccc(Cl)c2)n1. The van der Waals surface area contributed by atoms with Crippen molar-refractivity contribution in [2.75, 3.05) is 17.2 Å². The minimum Gasteiger partial charge on any atom is -0.370 e. The molecule has 0 aliphatic heterocycles. The van der Waals surface area contributed by atoms with Crippen LogP contribution in [0, 0.1) is 6.92 Å². The molecule has 0 bridgehead atoms. The second-order valence-electron chi connectivity index (χ2n) is 5.83. The molecule has 0 spiro atoms. The highest BCUT2D eigenvalue weighted by Crippen LogP contribution is 2.25. The molecule has 3 aromatic rings. The predicted octanol–water partition coefficient (Wildman–Crippen LogP) is 5.02. The van der Waals surface area contributed by atoms with E-state index in [2.05, 4.69) is 37.7 Å². The summed E-state index contributed by atoms with van der Waals surface area (Å²) in [5.41, 5.74) is 2.12. The first kappa shape index (κ1) is 18.5. The van der Waals surface area contributed by atoms with Gasteiger partial charge in [-0.3, -0.25) is 5.10 Å². The second kappa shape index (κ2) is 8.91. The van der Waals surface area contributed by atoms with E-state index in [1.807, 2.05) is 43.3 Å². The number of aryl methyl sites for hydroxylation is 1. The molecule has 0 saturated carbocycles. The number of hydrogen-bond donors (Lipinski definition) is 3. The maximum absolute atomic E-state index is 6.06. The summed E-state index contributed by atoms with van der Waals surface area (Å²) in [6, 6.07) is 11.6. The highest BCUT2D eigenvalue weighted by Gasteiger charge is 2.08.